The summed E-state index contributed by atoms with van der Waals surface area (Å²) in [4.78, 5) is 65.9. The van der Waals surface area contributed by atoms with E-state index in [2.05, 4.69) is 55.9 Å². The van der Waals surface area contributed by atoms with Crippen molar-refractivity contribution in [1.82, 2.24) is 30.4 Å². The Balaban J connectivity index is 1.73. The van der Waals surface area contributed by atoms with Crippen molar-refractivity contribution < 1.29 is 28.7 Å². The van der Waals surface area contributed by atoms with Gasteiger partial charge >= 0.3 is 12.2 Å². The van der Waals surface area contributed by atoms with E-state index in [1.807, 2.05) is 27.7 Å². The van der Waals surface area contributed by atoms with Gasteiger partial charge in [0.15, 0.2) is 0 Å². The minimum absolute atomic E-state index is 0.138. The highest BCUT2D eigenvalue weighted by Crippen LogP contribution is 2.31. The van der Waals surface area contributed by atoms with E-state index in [-0.39, 0.29) is 35.5 Å². The maximum absolute atomic E-state index is 13.4. The van der Waals surface area contributed by atoms with Gasteiger partial charge in [0, 0.05) is 13.1 Å². The molecule has 4 amide bonds. The van der Waals surface area contributed by atoms with Crippen molar-refractivity contribution in [2.45, 2.75) is 77.5 Å². The molecule has 4 atom stereocenters. The van der Waals surface area contributed by atoms with Gasteiger partial charge in [0.05, 0.1) is 32.5 Å². The number of aromatic amines is 1. The molecular weight excluding hydrogens is 616 g/mol. The van der Waals surface area contributed by atoms with E-state index in [0.29, 0.717) is 43.1 Å². The number of aliphatic imine (C=N–C) groups is 1. The maximum atomic E-state index is 13.4. The molecule has 3 heterocycles. The summed E-state index contributed by atoms with van der Waals surface area (Å²) in [6, 6.07) is -2.25. The number of nitrogens with zero attached hydrogens (tertiary/aromatic N) is 4. The zero-order chi connectivity index (χ0) is 35.4. The largest absolute Gasteiger partial charge is 0.453 e. The molecule has 0 aliphatic carbocycles. The average molecular weight is 663 g/mol. The molecule has 0 unspecified atom stereocenters. The molecule has 2 fully saturated rings. The van der Waals surface area contributed by atoms with E-state index in [1.165, 1.54) is 20.3 Å². The fourth-order valence-corrected chi connectivity index (χ4v) is 5.60. The molecule has 48 heavy (non-hydrogen) atoms. The highest BCUT2D eigenvalue weighted by atomic mass is 16.5. The van der Waals surface area contributed by atoms with Gasteiger partial charge in [0.1, 0.15) is 35.1 Å². The summed E-state index contributed by atoms with van der Waals surface area (Å²) in [5.41, 5.74) is 7.23. The van der Waals surface area contributed by atoms with Crippen molar-refractivity contribution in [1.29, 1.82) is 0 Å². The molecule has 0 saturated carbocycles. The number of carbonyl (C=O) groups is 4. The summed E-state index contributed by atoms with van der Waals surface area (Å²) in [5.74, 6) is 11.4. The molecule has 2 aliphatic rings. The number of likely N-dealkylation sites (tertiary alicyclic amines) is 2. The van der Waals surface area contributed by atoms with Crippen LogP contribution in [0.4, 0.5) is 9.59 Å². The van der Waals surface area contributed by atoms with Gasteiger partial charge < -0.3 is 40.6 Å². The number of imidazole rings is 1. The van der Waals surface area contributed by atoms with Crippen LogP contribution in [0.25, 0.3) is 0 Å². The number of aromatic nitrogens is 2. The molecule has 1 aromatic rings. The molecule has 14 nitrogen and oxygen atoms in total. The summed E-state index contributed by atoms with van der Waals surface area (Å²) in [7, 11) is 2.51. The lowest BCUT2D eigenvalue weighted by Gasteiger charge is -2.30. The number of hydrogen-bond acceptors (Lipinski definition) is 8. The number of allylic oxidation sites excluding steroid dienone is 3. The molecule has 0 aromatic carbocycles. The predicted molar refractivity (Wildman–Crippen MR) is 180 cm³/mol. The van der Waals surface area contributed by atoms with Gasteiger partial charge in [0.2, 0.25) is 11.8 Å². The van der Waals surface area contributed by atoms with E-state index in [0.717, 1.165) is 12.8 Å². The zero-order valence-electron chi connectivity index (χ0n) is 28.5. The second-order valence-electron chi connectivity index (χ2n) is 12.1. The minimum Gasteiger partial charge on any atom is -0.453 e. The van der Waals surface area contributed by atoms with Crippen LogP contribution < -0.4 is 16.4 Å². The molecule has 2 saturated heterocycles. The Bertz CT molecular complexity index is 1540. The monoisotopic (exact) mass is 662 g/mol. The van der Waals surface area contributed by atoms with Crippen LogP contribution in [0.15, 0.2) is 35.6 Å². The normalized spacial score (nSPS) is 19.1. The fourth-order valence-electron chi connectivity index (χ4n) is 5.60. The lowest BCUT2D eigenvalue weighted by molar-refractivity contribution is -0.135. The quantitative estimate of drug-likeness (QED) is 0.128. The first-order valence-corrected chi connectivity index (χ1v) is 15.9. The van der Waals surface area contributed by atoms with Crippen LogP contribution in [0.1, 0.15) is 70.9 Å². The highest BCUT2D eigenvalue weighted by Gasteiger charge is 2.38. The second-order valence-corrected chi connectivity index (χ2v) is 12.1. The Morgan fingerprint density at radius 2 is 1.58 bits per heavy atom. The number of nitrogens with two attached hydrogens (primary N) is 1. The lowest BCUT2D eigenvalue weighted by Crippen LogP contribution is -2.54. The summed E-state index contributed by atoms with van der Waals surface area (Å²) >= 11 is 0. The van der Waals surface area contributed by atoms with Gasteiger partial charge in [0.25, 0.3) is 0 Å². The van der Waals surface area contributed by atoms with E-state index in [9.17, 15) is 19.2 Å². The van der Waals surface area contributed by atoms with E-state index in [1.54, 1.807) is 22.1 Å². The Kier molecular flexibility index (Phi) is 13.7. The summed E-state index contributed by atoms with van der Waals surface area (Å²) < 4.78 is 9.39. The van der Waals surface area contributed by atoms with Gasteiger partial charge in [-0.1, -0.05) is 40.3 Å². The van der Waals surface area contributed by atoms with Crippen LogP contribution >= 0.6 is 0 Å². The molecule has 0 radical (unpaired) electrons. The van der Waals surface area contributed by atoms with Crippen molar-refractivity contribution in [3.63, 3.8) is 0 Å². The third kappa shape index (κ3) is 9.64. The molecule has 258 valence electrons. The van der Waals surface area contributed by atoms with Crippen molar-refractivity contribution >= 4 is 29.8 Å². The highest BCUT2D eigenvalue weighted by molar-refractivity contribution is 5.94. The number of H-pyrrole nitrogens is 1. The number of rotatable bonds is 10. The number of amidine groups is 1. The lowest BCUT2D eigenvalue weighted by atomic mass is 10.0. The number of carbonyl (C=O) groups excluding carboxylic acids is 4. The molecule has 1 aromatic heterocycles. The molecule has 0 spiro atoms. The Hall–Kier alpha value is -5.24. The van der Waals surface area contributed by atoms with Crippen molar-refractivity contribution in [2.24, 2.45) is 22.6 Å². The van der Waals surface area contributed by atoms with Crippen molar-refractivity contribution in [3.8, 4) is 23.7 Å². The number of amides is 4. The van der Waals surface area contributed by atoms with Gasteiger partial charge in [-0.05, 0) is 67.3 Å². The van der Waals surface area contributed by atoms with Crippen molar-refractivity contribution in [2.75, 3.05) is 27.3 Å². The van der Waals surface area contributed by atoms with Crippen LogP contribution in [0.5, 0.6) is 0 Å². The zero-order valence-corrected chi connectivity index (χ0v) is 28.5. The second kappa shape index (κ2) is 17.6. The van der Waals surface area contributed by atoms with Crippen LogP contribution in [0.2, 0.25) is 0 Å². The number of hydrogen-bond donors (Lipinski definition) is 4. The third-order valence-electron chi connectivity index (χ3n) is 8.08. The number of nitrogens with one attached hydrogen (secondary N) is 3. The topological polar surface area (TPSA) is 184 Å². The predicted octanol–water partition coefficient (Wildman–Crippen LogP) is 2.61. The number of alkyl carbamates (subject to hydrolysis) is 2. The first-order chi connectivity index (χ1) is 22.9. The van der Waals surface area contributed by atoms with E-state index in [4.69, 9.17) is 15.2 Å². The Labute approximate surface area is 282 Å². The molecule has 14 heteroatoms. The first-order valence-electron chi connectivity index (χ1n) is 15.9. The molecular formula is C34H46N8O6. The van der Waals surface area contributed by atoms with Crippen LogP contribution in [0.3, 0.4) is 0 Å². The first kappa shape index (κ1) is 37.2. The SMILES string of the molecule is C=C/C=C(C#CC#Cc1cnc([C@@H]2CCCN2C(=O)[C@@H](NC(=O)OC)C(C)C)[nH]1)\N=C(/N)[C@@H]1CCCN1C(=O)[C@@H](NC(=O)OC)C(C)C. The Morgan fingerprint density at radius 3 is 2.17 bits per heavy atom. The number of methoxy groups -OCH3 is 2. The van der Waals surface area contributed by atoms with Crippen LogP contribution in [-0.4, -0.2) is 95.0 Å². The Morgan fingerprint density at radius 1 is 1.00 bits per heavy atom. The smallest absolute Gasteiger partial charge is 0.407 e. The van der Waals surface area contributed by atoms with Crippen molar-refractivity contribution in [3.05, 3.63) is 42.1 Å². The van der Waals surface area contributed by atoms with E-state index >= 15 is 0 Å². The molecule has 2 aliphatic heterocycles. The summed E-state index contributed by atoms with van der Waals surface area (Å²) in [6.07, 6.45) is 6.23. The van der Waals surface area contributed by atoms with Crippen LogP contribution in [-0.2, 0) is 19.1 Å². The van der Waals surface area contributed by atoms with Gasteiger partial charge in [-0.3, -0.25) is 9.59 Å². The molecule has 3 rings (SSSR count). The maximum Gasteiger partial charge on any atom is 0.407 e. The van der Waals surface area contributed by atoms with Gasteiger partial charge in [-0.15, -0.1) is 0 Å². The summed E-state index contributed by atoms with van der Waals surface area (Å²) in [6.45, 7) is 12.1. The fraction of sp³-hybridized carbons (Fsp3) is 0.529. The third-order valence-corrected chi connectivity index (χ3v) is 8.08. The summed E-state index contributed by atoms with van der Waals surface area (Å²) in [5, 5.41) is 5.25. The molecule has 5 N–H and O–H groups in total. The van der Waals surface area contributed by atoms with E-state index < -0.39 is 30.3 Å². The average Bonchev–Trinajstić information content (AvgIpc) is 3.84. The molecule has 0 bridgehead atoms. The van der Waals surface area contributed by atoms with Gasteiger partial charge in [-0.25, -0.2) is 19.6 Å². The minimum atomic E-state index is -0.773. The standard InChI is InChI=1S/C34H46N8O6/c1-8-13-23(37-29(35)25-16-11-18-41(25)31(43)27(21(2)3)39-33(45)47-6)14-9-10-15-24-20-36-30(38-24)26-17-12-19-42(26)32(44)28(22(4)5)40-34(46)48-7/h8,13,20-22,25-28H,1,11-12,16-19H2,2-7H3,(H2,35,37)(H,36,38)(H,39,45)(H,40,46)/b23-13-/t25-,26-,27-,28-/m0/s1. The number of ether oxygens (including phenoxy) is 2. The van der Waals surface area contributed by atoms with Gasteiger partial charge in [-0.2, -0.15) is 0 Å². The van der Waals surface area contributed by atoms with Crippen LogP contribution in [0, 0.1) is 35.5 Å².